The van der Waals surface area contributed by atoms with Crippen molar-refractivity contribution in [3.05, 3.63) is 59.7 Å². The number of hydrogen-bond acceptors (Lipinski definition) is 2. The molecular weight excluding hydrogens is 266 g/mol. The smallest absolute Gasteiger partial charge is 0.119 e. The number of fused-ring (bicyclic) bond motifs is 1. The van der Waals surface area contributed by atoms with Crippen molar-refractivity contribution in [2.24, 2.45) is 0 Å². The van der Waals surface area contributed by atoms with Gasteiger partial charge in [0.15, 0.2) is 0 Å². The summed E-state index contributed by atoms with van der Waals surface area (Å²) in [5.74, 6) is 1.18. The van der Waals surface area contributed by atoms with Gasteiger partial charge in [0.1, 0.15) is 5.75 Å². The van der Waals surface area contributed by atoms with E-state index in [1.54, 1.807) is 7.11 Å². The number of hydrogen-bond donors (Lipinski definition) is 1. The predicted molar refractivity (Wildman–Crippen MR) is 86.7 cm³/mol. The lowest BCUT2D eigenvalue weighted by Gasteiger charge is -2.16. The van der Waals surface area contributed by atoms with E-state index in [2.05, 4.69) is 35.6 Å². The van der Waals surface area contributed by atoms with Crippen LogP contribution in [0.3, 0.4) is 0 Å². The van der Waals surface area contributed by atoms with Crippen LogP contribution in [0.2, 0.25) is 0 Å². The molecule has 0 spiro atoms. The third kappa shape index (κ3) is 2.54. The van der Waals surface area contributed by atoms with Gasteiger partial charge in [-0.1, -0.05) is 42.5 Å². The molecule has 1 atom stereocenters. The lowest BCUT2D eigenvalue weighted by molar-refractivity contribution is 0.414. The van der Waals surface area contributed by atoms with Gasteiger partial charge in [0.05, 0.1) is 12.1 Å². The molecule has 20 heavy (non-hydrogen) atoms. The van der Waals surface area contributed by atoms with Gasteiger partial charge in [0, 0.05) is 11.6 Å². The lowest BCUT2D eigenvalue weighted by Crippen LogP contribution is -2.17. The molecule has 2 nitrogen and oxygen atoms in total. The number of methoxy groups -OCH3 is 1. The summed E-state index contributed by atoms with van der Waals surface area (Å²) < 4.78 is 5.30. The number of benzene rings is 2. The quantitative estimate of drug-likeness (QED) is 0.836. The Morgan fingerprint density at radius 2 is 1.95 bits per heavy atom. The van der Waals surface area contributed by atoms with Crippen LogP contribution in [-0.4, -0.2) is 12.1 Å². The van der Waals surface area contributed by atoms with E-state index < -0.39 is 0 Å². The van der Waals surface area contributed by atoms with E-state index in [-0.39, 0.29) is 5.92 Å². The standard InChI is InChI=1S/C17H17NOS/c1-19-14-8-10-16-13(11-14)7-9-15(17(20)18-16)12-5-3-2-4-6-12/h2-6,8,10-11,15H,7,9H2,1H3,(H,18,20)/t15-/m1/s1. The van der Waals surface area contributed by atoms with E-state index in [9.17, 15) is 0 Å². The molecule has 0 bridgehead atoms. The third-order valence-electron chi connectivity index (χ3n) is 3.79. The van der Waals surface area contributed by atoms with Gasteiger partial charge in [-0.05, 0) is 42.2 Å². The summed E-state index contributed by atoms with van der Waals surface area (Å²) in [6.45, 7) is 0. The number of nitrogens with one attached hydrogen (secondary N) is 1. The second-order valence-electron chi connectivity index (χ2n) is 5.01. The van der Waals surface area contributed by atoms with E-state index in [4.69, 9.17) is 17.0 Å². The molecule has 0 radical (unpaired) electrons. The highest BCUT2D eigenvalue weighted by Gasteiger charge is 2.22. The maximum atomic E-state index is 5.59. The van der Waals surface area contributed by atoms with Crippen LogP contribution in [0.5, 0.6) is 5.75 Å². The highest BCUT2D eigenvalue weighted by atomic mass is 32.1. The topological polar surface area (TPSA) is 21.3 Å². The zero-order valence-corrected chi connectivity index (χ0v) is 12.2. The Bertz CT molecular complexity index is 624. The average Bonchev–Trinajstić information content (AvgIpc) is 2.65. The van der Waals surface area contributed by atoms with Crippen LogP contribution in [-0.2, 0) is 6.42 Å². The highest BCUT2D eigenvalue weighted by molar-refractivity contribution is 7.80. The summed E-state index contributed by atoms with van der Waals surface area (Å²) in [5, 5.41) is 3.40. The lowest BCUT2D eigenvalue weighted by atomic mass is 9.93. The van der Waals surface area contributed by atoms with Gasteiger partial charge >= 0.3 is 0 Å². The normalized spacial score (nSPS) is 17.9. The SMILES string of the molecule is COc1ccc2c(c1)CC[C@H](c1ccccc1)C(=S)N2. The van der Waals surface area contributed by atoms with Crippen molar-refractivity contribution in [2.75, 3.05) is 12.4 Å². The molecular formula is C17H17NOS. The molecule has 0 saturated carbocycles. The summed E-state index contributed by atoms with van der Waals surface area (Å²) in [6.07, 6.45) is 2.02. The monoisotopic (exact) mass is 283 g/mol. The molecule has 1 N–H and O–H groups in total. The first-order chi connectivity index (χ1) is 9.78. The molecule has 1 aliphatic heterocycles. The molecule has 0 aromatic heterocycles. The molecule has 3 heteroatoms. The molecule has 2 aromatic rings. The number of thiocarbonyl (C=S) groups is 1. The summed E-state index contributed by atoms with van der Waals surface area (Å²) in [7, 11) is 1.70. The minimum Gasteiger partial charge on any atom is -0.497 e. The Kier molecular flexibility index (Phi) is 3.70. The number of ether oxygens (including phenoxy) is 1. The van der Waals surface area contributed by atoms with Crippen molar-refractivity contribution >= 4 is 22.9 Å². The van der Waals surface area contributed by atoms with Crippen LogP contribution in [0.25, 0.3) is 0 Å². The summed E-state index contributed by atoms with van der Waals surface area (Å²) in [5.41, 5.74) is 3.66. The average molecular weight is 283 g/mol. The van der Waals surface area contributed by atoms with Crippen molar-refractivity contribution in [1.82, 2.24) is 0 Å². The van der Waals surface area contributed by atoms with Gasteiger partial charge in [0.25, 0.3) is 0 Å². The van der Waals surface area contributed by atoms with Crippen molar-refractivity contribution in [1.29, 1.82) is 0 Å². The molecule has 1 heterocycles. The Morgan fingerprint density at radius 3 is 2.70 bits per heavy atom. The highest BCUT2D eigenvalue weighted by Crippen LogP contribution is 2.32. The molecule has 0 amide bonds. The maximum Gasteiger partial charge on any atom is 0.119 e. The minimum absolute atomic E-state index is 0.282. The van der Waals surface area contributed by atoms with Crippen molar-refractivity contribution in [2.45, 2.75) is 18.8 Å². The molecule has 3 rings (SSSR count). The Hall–Kier alpha value is -1.87. The van der Waals surface area contributed by atoms with Gasteiger partial charge in [-0.2, -0.15) is 0 Å². The van der Waals surface area contributed by atoms with Crippen molar-refractivity contribution < 1.29 is 4.74 Å². The van der Waals surface area contributed by atoms with Crippen LogP contribution in [0.4, 0.5) is 5.69 Å². The molecule has 0 fully saturated rings. The molecule has 2 aromatic carbocycles. The molecule has 1 aliphatic rings. The van der Waals surface area contributed by atoms with Gasteiger partial charge in [-0.15, -0.1) is 0 Å². The van der Waals surface area contributed by atoms with Gasteiger partial charge < -0.3 is 10.1 Å². The van der Waals surface area contributed by atoms with Gasteiger partial charge in [-0.25, -0.2) is 0 Å². The van der Waals surface area contributed by atoms with Crippen LogP contribution < -0.4 is 10.1 Å². The number of rotatable bonds is 2. The fourth-order valence-electron chi connectivity index (χ4n) is 2.68. The van der Waals surface area contributed by atoms with E-state index in [0.29, 0.717) is 0 Å². The first-order valence-electron chi connectivity index (χ1n) is 6.80. The summed E-state index contributed by atoms with van der Waals surface area (Å²) >= 11 is 5.59. The van der Waals surface area contributed by atoms with Crippen molar-refractivity contribution in [3.63, 3.8) is 0 Å². The van der Waals surface area contributed by atoms with Crippen LogP contribution in [0.15, 0.2) is 48.5 Å². The first kappa shape index (κ1) is 13.1. The second-order valence-corrected chi connectivity index (χ2v) is 5.45. The van der Waals surface area contributed by atoms with Gasteiger partial charge in [-0.3, -0.25) is 0 Å². The fourth-order valence-corrected chi connectivity index (χ4v) is 3.04. The summed E-state index contributed by atoms with van der Waals surface area (Å²) in [6, 6.07) is 16.6. The Morgan fingerprint density at radius 1 is 1.15 bits per heavy atom. The molecule has 102 valence electrons. The second kappa shape index (κ2) is 5.63. The van der Waals surface area contributed by atoms with E-state index >= 15 is 0 Å². The van der Waals surface area contributed by atoms with Gasteiger partial charge in [0.2, 0.25) is 0 Å². The van der Waals surface area contributed by atoms with Crippen LogP contribution >= 0.6 is 12.2 Å². The van der Waals surface area contributed by atoms with E-state index in [1.807, 2.05) is 18.2 Å². The zero-order chi connectivity index (χ0) is 13.9. The Labute approximate surface area is 124 Å². The molecule has 0 saturated heterocycles. The number of aryl methyl sites for hydroxylation is 1. The van der Waals surface area contributed by atoms with E-state index in [0.717, 1.165) is 29.3 Å². The fraction of sp³-hybridized carbons (Fsp3) is 0.235. The van der Waals surface area contributed by atoms with Crippen molar-refractivity contribution in [3.8, 4) is 5.75 Å². The largest absolute Gasteiger partial charge is 0.497 e. The first-order valence-corrected chi connectivity index (χ1v) is 7.21. The summed E-state index contributed by atoms with van der Waals surface area (Å²) in [4.78, 5) is 0.903. The Balaban J connectivity index is 1.90. The third-order valence-corrected chi connectivity index (χ3v) is 4.18. The predicted octanol–water partition coefficient (Wildman–Crippen LogP) is 4.16. The van der Waals surface area contributed by atoms with Crippen LogP contribution in [0, 0.1) is 0 Å². The maximum absolute atomic E-state index is 5.59. The molecule has 0 unspecified atom stereocenters. The van der Waals surface area contributed by atoms with Crippen LogP contribution in [0.1, 0.15) is 23.5 Å². The van der Waals surface area contributed by atoms with E-state index in [1.165, 1.54) is 11.1 Å². The number of anilines is 1. The molecule has 0 aliphatic carbocycles. The minimum atomic E-state index is 0.282. The zero-order valence-electron chi connectivity index (χ0n) is 11.4.